The molecule has 1 fully saturated rings. The number of aromatic nitrogens is 1. The normalized spacial score (nSPS) is 17.8. The van der Waals surface area contributed by atoms with Crippen LogP contribution in [0.2, 0.25) is 5.15 Å². The number of nitrogens with zero attached hydrogens (tertiary/aromatic N) is 3. The summed E-state index contributed by atoms with van der Waals surface area (Å²) in [5.41, 5.74) is 1.06. The third-order valence-electron chi connectivity index (χ3n) is 2.28. The minimum Gasteiger partial charge on any atom is -0.346 e. The standard InChI is InChI=1S/C11H12ClN3OS/c1-8(16)14-11-15(4-5-17-11)7-9-2-3-10(12)13-6-9/h2-3,6H,4-5,7H2,1H3. The molecule has 0 aromatic carbocycles. The summed E-state index contributed by atoms with van der Waals surface area (Å²) in [5, 5.41) is 1.29. The van der Waals surface area contributed by atoms with E-state index in [0.717, 1.165) is 23.0 Å². The zero-order chi connectivity index (χ0) is 12.3. The Kier molecular flexibility index (Phi) is 4.02. The van der Waals surface area contributed by atoms with Crippen LogP contribution < -0.4 is 0 Å². The van der Waals surface area contributed by atoms with Gasteiger partial charge in [0.15, 0.2) is 5.17 Å². The highest BCUT2D eigenvalue weighted by atomic mass is 35.5. The maximum Gasteiger partial charge on any atom is 0.244 e. The number of amides is 1. The lowest BCUT2D eigenvalue weighted by atomic mass is 10.3. The molecule has 1 aliphatic heterocycles. The SMILES string of the molecule is CC(=O)N=C1SCCN1Cc1ccc(Cl)nc1. The number of aliphatic imine (C=N–C) groups is 1. The third kappa shape index (κ3) is 3.44. The Morgan fingerprint density at radius 2 is 2.47 bits per heavy atom. The minimum absolute atomic E-state index is 0.159. The Balaban J connectivity index is 2.07. The first-order valence-electron chi connectivity index (χ1n) is 5.22. The second-order valence-electron chi connectivity index (χ2n) is 3.67. The molecule has 0 aliphatic carbocycles. The van der Waals surface area contributed by atoms with Gasteiger partial charge in [0.2, 0.25) is 5.91 Å². The molecular formula is C11H12ClN3OS. The molecule has 0 unspecified atom stereocenters. The zero-order valence-corrected chi connectivity index (χ0v) is 11.0. The van der Waals surface area contributed by atoms with Crippen molar-refractivity contribution in [3.05, 3.63) is 29.0 Å². The van der Waals surface area contributed by atoms with Crippen LogP contribution >= 0.6 is 23.4 Å². The predicted molar refractivity (Wildman–Crippen MR) is 70.2 cm³/mol. The van der Waals surface area contributed by atoms with Crippen molar-refractivity contribution in [3.8, 4) is 0 Å². The predicted octanol–water partition coefficient (Wildman–Crippen LogP) is 2.19. The molecule has 0 radical (unpaired) electrons. The number of amidine groups is 1. The highest BCUT2D eigenvalue weighted by Crippen LogP contribution is 2.20. The van der Waals surface area contributed by atoms with Gasteiger partial charge in [0, 0.05) is 32.0 Å². The van der Waals surface area contributed by atoms with Crippen LogP contribution in [0, 0.1) is 0 Å². The van der Waals surface area contributed by atoms with Gasteiger partial charge in [-0.05, 0) is 11.6 Å². The highest BCUT2D eigenvalue weighted by molar-refractivity contribution is 8.14. The van der Waals surface area contributed by atoms with E-state index >= 15 is 0 Å². The Morgan fingerprint density at radius 3 is 3.12 bits per heavy atom. The summed E-state index contributed by atoms with van der Waals surface area (Å²) in [6, 6.07) is 3.70. The number of carbonyl (C=O) groups is 1. The number of carbonyl (C=O) groups excluding carboxylic acids is 1. The lowest BCUT2D eigenvalue weighted by Crippen LogP contribution is -2.24. The molecule has 1 aromatic rings. The Labute approximate surface area is 109 Å². The van der Waals surface area contributed by atoms with Crippen LogP contribution in [0.5, 0.6) is 0 Å². The summed E-state index contributed by atoms with van der Waals surface area (Å²) in [6.45, 7) is 3.08. The monoisotopic (exact) mass is 269 g/mol. The second-order valence-corrected chi connectivity index (χ2v) is 5.12. The fourth-order valence-electron chi connectivity index (χ4n) is 1.54. The van der Waals surface area contributed by atoms with Crippen LogP contribution in [0.15, 0.2) is 23.3 Å². The molecule has 6 heteroatoms. The zero-order valence-electron chi connectivity index (χ0n) is 9.39. The lowest BCUT2D eigenvalue weighted by molar-refractivity contribution is -0.115. The van der Waals surface area contributed by atoms with Crippen molar-refractivity contribution >= 4 is 34.4 Å². The number of halogens is 1. The molecule has 90 valence electrons. The molecule has 0 atom stereocenters. The molecule has 1 aliphatic rings. The van der Waals surface area contributed by atoms with Crippen molar-refractivity contribution < 1.29 is 4.79 Å². The fraction of sp³-hybridized carbons (Fsp3) is 0.364. The number of pyridine rings is 1. The molecule has 1 amide bonds. The van der Waals surface area contributed by atoms with Gasteiger partial charge in [0.25, 0.3) is 0 Å². The van der Waals surface area contributed by atoms with Crippen LogP contribution in [-0.2, 0) is 11.3 Å². The summed E-state index contributed by atoms with van der Waals surface area (Å²) in [4.78, 5) is 21.1. The van der Waals surface area contributed by atoms with Gasteiger partial charge in [-0.2, -0.15) is 4.99 Å². The topological polar surface area (TPSA) is 45.6 Å². The average Bonchev–Trinajstić information content (AvgIpc) is 2.68. The minimum atomic E-state index is -0.159. The number of thioether (sulfide) groups is 1. The summed E-state index contributed by atoms with van der Waals surface area (Å²) in [5.74, 6) is 0.807. The highest BCUT2D eigenvalue weighted by Gasteiger charge is 2.20. The maximum absolute atomic E-state index is 11.0. The molecule has 0 bridgehead atoms. The van der Waals surface area contributed by atoms with E-state index in [1.54, 1.807) is 24.0 Å². The first kappa shape index (κ1) is 12.4. The van der Waals surface area contributed by atoms with E-state index in [-0.39, 0.29) is 5.91 Å². The van der Waals surface area contributed by atoms with Crippen LogP contribution in [0.1, 0.15) is 12.5 Å². The molecule has 4 nitrogen and oxygen atoms in total. The van der Waals surface area contributed by atoms with Crippen LogP contribution in [0.4, 0.5) is 0 Å². The second kappa shape index (κ2) is 5.51. The summed E-state index contributed by atoms with van der Waals surface area (Å²) >= 11 is 7.34. The third-order valence-corrected chi connectivity index (χ3v) is 3.50. The van der Waals surface area contributed by atoms with Gasteiger partial charge in [0.05, 0.1) is 0 Å². The van der Waals surface area contributed by atoms with E-state index in [0.29, 0.717) is 11.7 Å². The van der Waals surface area contributed by atoms with Gasteiger partial charge in [-0.25, -0.2) is 4.98 Å². The molecular weight excluding hydrogens is 258 g/mol. The van der Waals surface area contributed by atoms with Crippen molar-refractivity contribution in [1.82, 2.24) is 9.88 Å². The Morgan fingerprint density at radius 1 is 1.65 bits per heavy atom. The first-order valence-corrected chi connectivity index (χ1v) is 6.59. The molecule has 1 aromatic heterocycles. The molecule has 0 saturated carbocycles. The fourth-order valence-corrected chi connectivity index (χ4v) is 2.68. The van der Waals surface area contributed by atoms with Crippen molar-refractivity contribution in [1.29, 1.82) is 0 Å². The van der Waals surface area contributed by atoms with Crippen molar-refractivity contribution in [2.75, 3.05) is 12.3 Å². The van der Waals surface area contributed by atoms with Gasteiger partial charge in [-0.15, -0.1) is 0 Å². The smallest absolute Gasteiger partial charge is 0.244 e. The van der Waals surface area contributed by atoms with Crippen molar-refractivity contribution in [3.63, 3.8) is 0 Å². The van der Waals surface area contributed by atoms with Gasteiger partial charge in [-0.3, -0.25) is 4.79 Å². The van der Waals surface area contributed by atoms with Crippen LogP contribution in [0.3, 0.4) is 0 Å². The number of rotatable bonds is 2. The van der Waals surface area contributed by atoms with E-state index in [4.69, 9.17) is 11.6 Å². The molecule has 2 rings (SSSR count). The Bertz CT molecular complexity index is 447. The van der Waals surface area contributed by atoms with Crippen LogP contribution in [0.25, 0.3) is 0 Å². The summed E-state index contributed by atoms with van der Waals surface area (Å²) < 4.78 is 0. The van der Waals surface area contributed by atoms with Crippen molar-refractivity contribution in [2.45, 2.75) is 13.5 Å². The van der Waals surface area contributed by atoms with E-state index in [1.807, 2.05) is 6.07 Å². The molecule has 0 spiro atoms. The van der Waals surface area contributed by atoms with Crippen molar-refractivity contribution in [2.24, 2.45) is 4.99 Å². The summed E-state index contributed by atoms with van der Waals surface area (Å²) in [6.07, 6.45) is 1.75. The maximum atomic E-state index is 11.0. The van der Waals surface area contributed by atoms with E-state index in [1.165, 1.54) is 6.92 Å². The molecule has 0 N–H and O–H groups in total. The quantitative estimate of drug-likeness (QED) is 0.772. The number of hydrogen-bond acceptors (Lipinski definition) is 3. The molecule has 1 saturated heterocycles. The molecule has 2 heterocycles. The van der Waals surface area contributed by atoms with Gasteiger partial charge in [-0.1, -0.05) is 29.4 Å². The first-order chi connectivity index (χ1) is 8.15. The van der Waals surface area contributed by atoms with Gasteiger partial charge in [0.1, 0.15) is 5.15 Å². The molecule has 17 heavy (non-hydrogen) atoms. The van der Waals surface area contributed by atoms with Crippen LogP contribution in [-0.4, -0.2) is 33.3 Å². The van der Waals surface area contributed by atoms with E-state index in [9.17, 15) is 4.79 Å². The Hall–Kier alpha value is -1.07. The van der Waals surface area contributed by atoms with Gasteiger partial charge >= 0.3 is 0 Å². The largest absolute Gasteiger partial charge is 0.346 e. The summed E-state index contributed by atoms with van der Waals surface area (Å²) in [7, 11) is 0. The lowest BCUT2D eigenvalue weighted by Gasteiger charge is -2.17. The van der Waals surface area contributed by atoms with Gasteiger partial charge < -0.3 is 4.90 Å². The average molecular weight is 270 g/mol. The van der Waals surface area contributed by atoms with E-state index < -0.39 is 0 Å². The van der Waals surface area contributed by atoms with E-state index in [2.05, 4.69) is 14.9 Å². The number of hydrogen-bond donors (Lipinski definition) is 0.